The van der Waals surface area contributed by atoms with Gasteiger partial charge in [-0.2, -0.15) is 0 Å². The highest BCUT2D eigenvalue weighted by molar-refractivity contribution is 6.04. The molecule has 2 N–H and O–H groups in total. The predicted molar refractivity (Wildman–Crippen MR) is 159 cm³/mol. The Balaban J connectivity index is 1.35. The molecule has 0 heterocycles. The first-order valence-corrected chi connectivity index (χ1v) is 16.6. The number of ketones is 1. The van der Waals surface area contributed by atoms with Crippen LogP contribution in [0.5, 0.6) is 0 Å². The number of fused-ring (bicyclic) bond motifs is 3. The average molecular weight is 599 g/mol. The van der Waals surface area contributed by atoms with Crippen molar-refractivity contribution in [3.05, 3.63) is 23.3 Å². The van der Waals surface area contributed by atoms with Gasteiger partial charge >= 0.3 is 12.1 Å². The molecule has 8 nitrogen and oxygen atoms in total. The SMILES string of the molecule is CCOC(=O)OCC1=C[C@H]2[C@H](OC(=O)CC34CC5CC(CC(C5)C3)C4)[C@@](C)(CC)C[C@@H](C)[C@]2(O)[C@@H]2C=C(C)C(=O)[C@@]2(O)C1. The summed E-state index contributed by atoms with van der Waals surface area (Å²) in [4.78, 5) is 39.6. The van der Waals surface area contributed by atoms with Gasteiger partial charge in [0, 0.05) is 23.7 Å². The minimum absolute atomic E-state index is 0.0165. The molecular formula is C35H50O8. The van der Waals surface area contributed by atoms with Gasteiger partial charge in [-0.15, -0.1) is 0 Å². The van der Waals surface area contributed by atoms with E-state index in [1.165, 1.54) is 19.3 Å². The number of Topliss-reactive ketones (excluding diaryl/α,β-unsaturated/α-hetero) is 1. The topological polar surface area (TPSA) is 119 Å². The highest BCUT2D eigenvalue weighted by Gasteiger charge is 2.67. The molecule has 238 valence electrons. The summed E-state index contributed by atoms with van der Waals surface area (Å²) < 4.78 is 16.9. The monoisotopic (exact) mass is 598 g/mol. The van der Waals surface area contributed by atoms with Gasteiger partial charge in [0.1, 0.15) is 18.3 Å². The molecule has 0 saturated heterocycles. The Hall–Kier alpha value is -2.19. The second kappa shape index (κ2) is 10.7. The third-order valence-electron chi connectivity index (χ3n) is 12.6. The van der Waals surface area contributed by atoms with E-state index in [0.29, 0.717) is 24.0 Å². The number of rotatable bonds is 7. The lowest BCUT2D eigenvalue weighted by Crippen LogP contribution is -2.66. The van der Waals surface area contributed by atoms with Crippen LogP contribution in [0.4, 0.5) is 4.79 Å². The number of ether oxygens (including phenoxy) is 3. The molecule has 0 unspecified atom stereocenters. The highest BCUT2D eigenvalue weighted by Crippen LogP contribution is 2.63. The number of carbonyl (C=O) groups is 3. The van der Waals surface area contributed by atoms with Gasteiger partial charge < -0.3 is 24.4 Å². The maximum absolute atomic E-state index is 14.0. The second-order valence-corrected chi connectivity index (χ2v) is 15.6. The molecule has 5 saturated carbocycles. The van der Waals surface area contributed by atoms with Crippen molar-refractivity contribution in [3.63, 3.8) is 0 Å². The third kappa shape index (κ3) is 4.99. The molecule has 0 radical (unpaired) electrons. The van der Waals surface area contributed by atoms with Crippen molar-refractivity contribution in [3.8, 4) is 0 Å². The molecule has 0 aromatic carbocycles. The molecule has 7 rings (SSSR count). The third-order valence-corrected chi connectivity index (χ3v) is 12.6. The van der Waals surface area contributed by atoms with Crippen molar-refractivity contribution in [1.82, 2.24) is 0 Å². The van der Waals surface area contributed by atoms with Crippen LogP contribution in [-0.2, 0) is 23.8 Å². The lowest BCUT2D eigenvalue weighted by atomic mass is 9.49. The van der Waals surface area contributed by atoms with Crippen molar-refractivity contribution < 1.29 is 38.8 Å². The molecule has 4 bridgehead atoms. The molecular weight excluding hydrogens is 548 g/mol. The van der Waals surface area contributed by atoms with Crippen molar-refractivity contribution in [2.75, 3.05) is 13.2 Å². The fraction of sp³-hybridized carbons (Fsp3) is 0.800. The fourth-order valence-electron chi connectivity index (χ4n) is 11.0. The summed E-state index contributed by atoms with van der Waals surface area (Å²) in [5.74, 6) is -0.394. The predicted octanol–water partition coefficient (Wildman–Crippen LogP) is 5.69. The van der Waals surface area contributed by atoms with Crippen LogP contribution in [0.2, 0.25) is 0 Å². The molecule has 0 aliphatic heterocycles. The Bertz CT molecular complexity index is 1200. The van der Waals surface area contributed by atoms with Gasteiger partial charge in [-0.05, 0) is 105 Å². The first-order chi connectivity index (χ1) is 20.2. The molecule has 7 aliphatic carbocycles. The minimum atomic E-state index is -1.89. The number of aliphatic hydroxyl groups is 2. The molecule has 7 atom stereocenters. The summed E-state index contributed by atoms with van der Waals surface area (Å²) in [6.07, 6.45) is 10.8. The van der Waals surface area contributed by atoms with E-state index in [1.807, 2.05) is 13.0 Å². The highest BCUT2D eigenvalue weighted by atomic mass is 16.7. The Morgan fingerprint density at radius 3 is 2.19 bits per heavy atom. The summed E-state index contributed by atoms with van der Waals surface area (Å²) in [6.45, 7) is 9.48. The smallest absolute Gasteiger partial charge is 0.461 e. The first-order valence-electron chi connectivity index (χ1n) is 16.6. The van der Waals surface area contributed by atoms with Gasteiger partial charge in [-0.25, -0.2) is 4.79 Å². The average Bonchev–Trinajstić information content (AvgIpc) is 3.09. The molecule has 7 aliphatic rings. The van der Waals surface area contributed by atoms with Crippen molar-refractivity contribution in [1.29, 1.82) is 0 Å². The molecule has 0 aromatic rings. The van der Waals surface area contributed by atoms with Gasteiger partial charge in [0.2, 0.25) is 0 Å². The summed E-state index contributed by atoms with van der Waals surface area (Å²) >= 11 is 0. The Morgan fingerprint density at radius 1 is 0.977 bits per heavy atom. The standard InChI is InChI=1S/C35H50O8/c1-6-32(5)13-21(4)35(40)26(30(32)43-28(36)18-33-14-22-9-23(15-33)11-24(10-22)16-33)12-25(19-42-31(38)41-7-2)17-34(39)27(35)8-20(3)29(34)37/h8,12,21-24,26-27,30,39-40H,6-7,9-11,13-19H2,1-5H3/t21-,22?,23?,24?,26+,27-,30+,32+,33?,34-,35-/m1/s1. The van der Waals surface area contributed by atoms with Crippen LogP contribution in [0.1, 0.15) is 98.8 Å². The number of esters is 1. The van der Waals surface area contributed by atoms with E-state index in [2.05, 4.69) is 13.8 Å². The molecule has 5 fully saturated rings. The number of carbonyl (C=O) groups excluding carboxylic acids is 3. The van der Waals surface area contributed by atoms with E-state index in [-0.39, 0.29) is 36.9 Å². The maximum atomic E-state index is 14.0. The molecule has 0 amide bonds. The quantitative estimate of drug-likeness (QED) is 0.284. The van der Waals surface area contributed by atoms with Crippen LogP contribution in [0, 0.1) is 46.3 Å². The van der Waals surface area contributed by atoms with E-state index < -0.39 is 46.5 Å². The van der Waals surface area contributed by atoms with Crippen molar-refractivity contribution in [2.45, 2.75) is 116 Å². The zero-order valence-corrected chi connectivity index (χ0v) is 26.5. The van der Waals surface area contributed by atoms with Crippen LogP contribution in [-0.4, -0.2) is 58.6 Å². The van der Waals surface area contributed by atoms with Gasteiger partial charge in [0.05, 0.1) is 18.6 Å². The zero-order valence-electron chi connectivity index (χ0n) is 26.5. The molecule has 43 heavy (non-hydrogen) atoms. The van der Waals surface area contributed by atoms with Crippen LogP contribution in [0.3, 0.4) is 0 Å². The minimum Gasteiger partial charge on any atom is -0.461 e. The van der Waals surface area contributed by atoms with E-state index in [0.717, 1.165) is 43.4 Å². The van der Waals surface area contributed by atoms with Crippen LogP contribution >= 0.6 is 0 Å². The van der Waals surface area contributed by atoms with Crippen LogP contribution in [0.25, 0.3) is 0 Å². The number of hydrogen-bond donors (Lipinski definition) is 2. The lowest BCUT2D eigenvalue weighted by Gasteiger charge is -2.58. The van der Waals surface area contributed by atoms with Crippen LogP contribution < -0.4 is 0 Å². The van der Waals surface area contributed by atoms with E-state index in [1.54, 1.807) is 19.9 Å². The van der Waals surface area contributed by atoms with Crippen molar-refractivity contribution >= 4 is 17.9 Å². The van der Waals surface area contributed by atoms with Crippen LogP contribution in [0.15, 0.2) is 23.3 Å². The maximum Gasteiger partial charge on any atom is 0.508 e. The van der Waals surface area contributed by atoms with Gasteiger partial charge in [-0.3, -0.25) is 9.59 Å². The molecule has 8 heteroatoms. The largest absolute Gasteiger partial charge is 0.508 e. The summed E-state index contributed by atoms with van der Waals surface area (Å²) in [5, 5.41) is 24.8. The number of hydrogen-bond acceptors (Lipinski definition) is 8. The van der Waals surface area contributed by atoms with E-state index in [4.69, 9.17) is 14.2 Å². The van der Waals surface area contributed by atoms with Crippen molar-refractivity contribution in [2.24, 2.45) is 46.3 Å². The van der Waals surface area contributed by atoms with E-state index in [9.17, 15) is 24.6 Å². The normalized spacial score (nSPS) is 46.3. The summed E-state index contributed by atoms with van der Waals surface area (Å²) in [5.41, 5.74) is -2.97. The first kappa shape index (κ1) is 30.8. The zero-order chi connectivity index (χ0) is 30.9. The van der Waals surface area contributed by atoms with Gasteiger partial charge in [0.15, 0.2) is 5.78 Å². The summed E-state index contributed by atoms with van der Waals surface area (Å²) in [6, 6.07) is 0. The Labute approximate surface area is 255 Å². The fourth-order valence-corrected chi connectivity index (χ4v) is 11.0. The Kier molecular flexibility index (Phi) is 7.68. The lowest BCUT2D eigenvalue weighted by molar-refractivity contribution is -0.223. The van der Waals surface area contributed by atoms with E-state index >= 15 is 0 Å². The molecule has 0 aromatic heterocycles. The van der Waals surface area contributed by atoms with Gasteiger partial charge in [0.25, 0.3) is 0 Å². The molecule has 0 spiro atoms. The second-order valence-electron chi connectivity index (χ2n) is 15.6. The van der Waals surface area contributed by atoms with Gasteiger partial charge in [-0.1, -0.05) is 32.9 Å². The Morgan fingerprint density at radius 2 is 1.60 bits per heavy atom. The summed E-state index contributed by atoms with van der Waals surface area (Å²) in [7, 11) is 0.